The number of amides is 1. The number of phenolic OH excluding ortho intramolecular Hbond substituents is 1. The SMILES string of the molecule is O=C1Oc2cc(O)c(F)cc2C2(COC2)N1Cc1ccnc(NSC2CC2)c1F. The predicted octanol–water partition coefficient (Wildman–Crippen LogP) is 3.53. The largest absolute Gasteiger partial charge is 0.505 e. The molecule has 2 N–H and O–H groups in total. The molecule has 29 heavy (non-hydrogen) atoms. The lowest BCUT2D eigenvalue weighted by Crippen LogP contribution is -2.63. The Balaban J connectivity index is 1.47. The van der Waals surface area contributed by atoms with Crippen molar-refractivity contribution in [3.8, 4) is 11.5 Å². The molecule has 0 atom stereocenters. The Labute approximate surface area is 169 Å². The number of hydrogen-bond acceptors (Lipinski definition) is 7. The van der Waals surface area contributed by atoms with Gasteiger partial charge in [0.2, 0.25) is 0 Å². The zero-order chi connectivity index (χ0) is 20.2. The summed E-state index contributed by atoms with van der Waals surface area (Å²) in [6, 6.07) is 3.70. The van der Waals surface area contributed by atoms with E-state index >= 15 is 0 Å². The predicted molar refractivity (Wildman–Crippen MR) is 101 cm³/mol. The van der Waals surface area contributed by atoms with Crippen LogP contribution < -0.4 is 9.46 Å². The maximum atomic E-state index is 15.0. The molecular formula is C19H17F2N3O4S. The summed E-state index contributed by atoms with van der Waals surface area (Å²) in [5, 5.41) is 10.1. The first-order chi connectivity index (χ1) is 14.0. The van der Waals surface area contributed by atoms with E-state index in [2.05, 4.69) is 9.71 Å². The van der Waals surface area contributed by atoms with Crippen LogP contribution >= 0.6 is 11.9 Å². The summed E-state index contributed by atoms with van der Waals surface area (Å²) in [5.41, 5.74) is -0.341. The molecule has 7 nitrogen and oxygen atoms in total. The maximum absolute atomic E-state index is 15.0. The molecule has 10 heteroatoms. The number of hydrogen-bond donors (Lipinski definition) is 2. The monoisotopic (exact) mass is 421 g/mol. The zero-order valence-corrected chi connectivity index (χ0v) is 16.0. The fourth-order valence-electron chi connectivity index (χ4n) is 3.46. The van der Waals surface area contributed by atoms with Crippen molar-refractivity contribution in [3.05, 3.63) is 47.2 Å². The molecule has 3 heterocycles. The molecule has 0 unspecified atom stereocenters. The average Bonchev–Trinajstić information content (AvgIpc) is 3.48. The second kappa shape index (κ2) is 6.74. The standard InChI is InChI=1S/C19H17F2N3O4S/c20-13-5-12-15(6-14(13)25)28-18(26)24(19(12)8-27-9-19)7-10-3-4-22-17(16(10)21)23-29-11-1-2-11/h3-6,11,25H,1-2,7-9H2,(H,22,23). The Morgan fingerprint density at radius 3 is 2.83 bits per heavy atom. The first kappa shape index (κ1) is 18.4. The van der Waals surface area contributed by atoms with Gasteiger partial charge in [-0.1, -0.05) is 0 Å². The number of halogens is 2. The number of rotatable bonds is 5. The summed E-state index contributed by atoms with van der Waals surface area (Å²) < 4.78 is 42.5. The van der Waals surface area contributed by atoms with Crippen molar-refractivity contribution in [2.75, 3.05) is 17.9 Å². The number of ether oxygens (including phenoxy) is 2. The summed E-state index contributed by atoms with van der Waals surface area (Å²) in [5.74, 6) is -1.80. The van der Waals surface area contributed by atoms with Gasteiger partial charge < -0.3 is 19.3 Å². The topological polar surface area (TPSA) is 83.9 Å². The smallest absolute Gasteiger partial charge is 0.416 e. The van der Waals surface area contributed by atoms with Gasteiger partial charge in [-0.3, -0.25) is 4.90 Å². The molecular weight excluding hydrogens is 404 g/mol. The van der Waals surface area contributed by atoms with E-state index in [0.29, 0.717) is 10.8 Å². The molecule has 152 valence electrons. The second-order valence-corrected chi connectivity index (χ2v) is 8.44. The Morgan fingerprint density at radius 1 is 1.34 bits per heavy atom. The molecule has 2 aliphatic heterocycles. The molecule has 3 aliphatic rings. The highest BCUT2D eigenvalue weighted by atomic mass is 32.2. The average molecular weight is 421 g/mol. The van der Waals surface area contributed by atoms with Crippen LogP contribution in [0.5, 0.6) is 11.5 Å². The lowest BCUT2D eigenvalue weighted by Gasteiger charge is -2.51. The van der Waals surface area contributed by atoms with Gasteiger partial charge in [0.15, 0.2) is 23.2 Å². The number of phenols is 1. The highest BCUT2D eigenvalue weighted by molar-refractivity contribution is 8.01. The number of carbonyl (C=O) groups excluding carboxylic acids is 1. The molecule has 1 saturated carbocycles. The Morgan fingerprint density at radius 2 is 2.14 bits per heavy atom. The van der Waals surface area contributed by atoms with Gasteiger partial charge in [0.1, 0.15) is 11.3 Å². The Hall–Kier alpha value is -2.59. The van der Waals surface area contributed by atoms with Gasteiger partial charge in [-0.25, -0.2) is 18.6 Å². The quantitative estimate of drug-likeness (QED) is 0.715. The third kappa shape index (κ3) is 3.06. The van der Waals surface area contributed by atoms with E-state index in [4.69, 9.17) is 9.47 Å². The van der Waals surface area contributed by atoms with Gasteiger partial charge in [-0.2, -0.15) is 0 Å². The van der Waals surface area contributed by atoms with Gasteiger partial charge in [0, 0.05) is 28.6 Å². The van der Waals surface area contributed by atoms with Crippen LogP contribution in [-0.2, 0) is 16.8 Å². The fraction of sp³-hybridized carbons (Fsp3) is 0.368. The van der Waals surface area contributed by atoms with Crippen LogP contribution in [0.25, 0.3) is 0 Å². The summed E-state index contributed by atoms with van der Waals surface area (Å²) in [7, 11) is 0. The first-order valence-corrected chi connectivity index (χ1v) is 10.0. The van der Waals surface area contributed by atoms with Crippen LogP contribution in [0.2, 0.25) is 0 Å². The Bertz CT molecular complexity index is 998. The number of fused-ring (bicyclic) bond motifs is 2. The van der Waals surface area contributed by atoms with E-state index in [1.165, 1.54) is 29.1 Å². The van der Waals surface area contributed by atoms with Crippen LogP contribution in [0, 0.1) is 11.6 Å². The van der Waals surface area contributed by atoms with E-state index < -0.39 is 29.0 Å². The van der Waals surface area contributed by atoms with Crippen molar-refractivity contribution in [3.63, 3.8) is 0 Å². The number of anilines is 1. The van der Waals surface area contributed by atoms with E-state index in [1.807, 2.05) is 0 Å². The van der Waals surface area contributed by atoms with Crippen molar-refractivity contribution in [1.82, 2.24) is 9.88 Å². The molecule has 2 aromatic rings. The summed E-state index contributed by atoms with van der Waals surface area (Å²) in [6.07, 6.45) is 2.93. The number of aromatic hydroxyl groups is 1. The van der Waals surface area contributed by atoms with Crippen LogP contribution in [0.4, 0.5) is 19.4 Å². The molecule has 1 aromatic carbocycles. The van der Waals surface area contributed by atoms with Gasteiger partial charge in [-0.05, 0) is 36.9 Å². The summed E-state index contributed by atoms with van der Waals surface area (Å²) in [6.45, 7) is 0.143. The number of pyridine rings is 1. The second-order valence-electron chi connectivity index (χ2n) is 7.33. The van der Waals surface area contributed by atoms with Crippen molar-refractivity contribution in [1.29, 1.82) is 0 Å². The van der Waals surface area contributed by atoms with Crippen LogP contribution in [0.15, 0.2) is 24.4 Å². The number of carbonyl (C=O) groups is 1. The highest BCUT2D eigenvalue weighted by Crippen LogP contribution is 2.47. The normalized spacial score (nSPS) is 19.5. The molecule has 1 amide bonds. The number of aromatic nitrogens is 1. The first-order valence-electron chi connectivity index (χ1n) is 9.13. The number of benzene rings is 1. The molecule has 0 bridgehead atoms. The van der Waals surface area contributed by atoms with Crippen molar-refractivity contribution in [2.24, 2.45) is 0 Å². The van der Waals surface area contributed by atoms with Crippen molar-refractivity contribution >= 4 is 23.9 Å². The lowest BCUT2D eigenvalue weighted by atomic mass is 9.84. The minimum absolute atomic E-state index is 0.0758. The third-order valence-electron chi connectivity index (χ3n) is 5.31. The van der Waals surface area contributed by atoms with Crippen LogP contribution in [0.1, 0.15) is 24.0 Å². The molecule has 1 saturated heterocycles. The van der Waals surface area contributed by atoms with Crippen LogP contribution in [-0.4, -0.2) is 39.5 Å². The fourth-order valence-corrected chi connectivity index (χ4v) is 4.25. The molecule has 0 radical (unpaired) electrons. The number of nitrogens with one attached hydrogen (secondary N) is 1. The van der Waals surface area contributed by atoms with Crippen molar-refractivity contribution < 1.29 is 28.2 Å². The van der Waals surface area contributed by atoms with Gasteiger partial charge >= 0.3 is 6.09 Å². The van der Waals surface area contributed by atoms with E-state index in [-0.39, 0.29) is 36.9 Å². The maximum Gasteiger partial charge on any atom is 0.416 e. The summed E-state index contributed by atoms with van der Waals surface area (Å²) in [4.78, 5) is 18.1. The molecule has 2 fully saturated rings. The minimum Gasteiger partial charge on any atom is -0.505 e. The van der Waals surface area contributed by atoms with Gasteiger partial charge in [-0.15, -0.1) is 0 Å². The zero-order valence-electron chi connectivity index (χ0n) is 15.2. The van der Waals surface area contributed by atoms with E-state index in [1.54, 1.807) is 0 Å². The third-order valence-corrected chi connectivity index (χ3v) is 6.43. The minimum atomic E-state index is -0.981. The number of nitrogens with zero attached hydrogens (tertiary/aromatic N) is 2. The molecule has 1 aromatic heterocycles. The van der Waals surface area contributed by atoms with Gasteiger partial charge in [0.05, 0.1) is 19.8 Å². The molecule has 1 spiro atoms. The van der Waals surface area contributed by atoms with E-state index in [0.717, 1.165) is 25.0 Å². The molecule has 5 rings (SSSR count). The molecule has 1 aliphatic carbocycles. The van der Waals surface area contributed by atoms with Crippen molar-refractivity contribution in [2.45, 2.75) is 30.2 Å². The highest BCUT2D eigenvalue weighted by Gasteiger charge is 2.54. The Kier molecular flexibility index (Phi) is 4.28. The van der Waals surface area contributed by atoms with Gasteiger partial charge in [0.25, 0.3) is 0 Å². The summed E-state index contributed by atoms with van der Waals surface area (Å²) >= 11 is 1.43. The van der Waals surface area contributed by atoms with E-state index in [9.17, 15) is 18.7 Å². The lowest BCUT2D eigenvalue weighted by molar-refractivity contribution is -0.143. The van der Waals surface area contributed by atoms with Crippen LogP contribution in [0.3, 0.4) is 0 Å².